The highest BCUT2D eigenvalue weighted by Crippen LogP contribution is 2.38. The maximum atomic E-state index is 13.5. The molecule has 0 bridgehead atoms. The van der Waals surface area contributed by atoms with Gasteiger partial charge in [0.2, 0.25) is 0 Å². The fourth-order valence-corrected chi connectivity index (χ4v) is 5.69. The summed E-state index contributed by atoms with van der Waals surface area (Å²) >= 11 is 0. The van der Waals surface area contributed by atoms with Gasteiger partial charge in [0.1, 0.15) is 5.69 Å². The first kappa shape index (κ1) is 23.2. The number of benzene rings is 1. The zero-order chi connectivity index (χ0) is 22.5. The summed E-state index contributed by atoms with van der Waals surface area (Å²) in [4.78, 5) is 23.1. The number of carbonyl (C=O) groups excluding carboxylic acids is 1. The SMILES string of the molecule is Cc1c(C)n(CC2CC2)c2c(N3CCc4ccccc4C3)nc(C(=O)N3CCCCC3)cc12.Cl. The van der Waals surface area contributed by atoms with Crippen LogP contribution in [0.15, 0.2) is 30.3 Å². The molecular formula is C28H35ClN4O. The van der Waals surface area contributed by atoms with Gasteiger partial charge in [0.15, 0.2) is 5.82 Å². The lowest BCUT2D eigenvalue weighted by atomic mass is 9.99. The molecule has 2 fully saturated rings. The standard InChI is InChI=1S/C28H34N4O.ClH/c1-19-20(2)32(17-21-10-11-21)26-24(19)16-25(28(33)30-13-6-3-7-14-30)29-27(26)31-15-12-22-8-4-5-9-23(22)18-31;/h4-5,8-9,16,21H,3,6-7,10-15,17-18H2,1-2H3;1H. The molecule has 0 unspecified atom stereocenters. The van der Waals surface area contributed by atoms with Crippen LogP contribution in [0.2, 0.25) is 0 Å². The monoisotopic (exact) mass is 478 g/mol. The molecule has 180 valence electrons. The van der Waals surface area contributed by atoms with Gasteiger partial charge in [0, 0.05) is 43.8 Å². The second-order valence-corrected chi connectivity index (χ2v) is 10.3. The lowest BCUT2D eigenvalue weighted by molar-refractivity contribution is 0.0718. The molecular weight excluding hydrogens is 444 g/mol. The summed E-state index contributed by atoms with van der Waals surface area (Å²) in [6.45, 7) is 9.01. The molecule has 5 nitrogen and oxygen atoms in total. The van der Waals surface area contributed by atoms with E-state index in [2.05, 4.69) is 53.6 Å². The first-order valence-corrected chi connectivity index (χ1v) is 12.7. The lowest BCUT2D eigenvalue weighted by Crippen LogP contribution is -2.37. The highest BCUT2D eigenvalue weighted by atomic mass is 35.5. The molecule has 2 aliphatic heterocycles. The topological polar surface area (TPSA) is 41.4 Å². The number of halogens is 1. The summed E-state index contributed by atoms with van der Waals surface area (Å²) in [5.41, 5.74) is 7.27. The number of aromatic nitrogens is 2. The van der Waals surface area contributed by atoms with Crippen LogP contribution >= 0.6 is 12.4 Å². The van der Waals surface area contributed by atoms with Crippen LogP contribution in [0, 0.1) is 19.8 Å². The molecule has 3 aromatic rings. The number of amides is 1. The zero-order valence-corrected chi connectivity index (χ0v) is 21.2. The van der Waals surface area contributed by atoms with Crippen LogP contribution in [0.5, 0.6) is 0 Å². The Morgan fingerprint density at radius 3 is 2.50 bits per heavy atom. The first-order valence-electron chi connectivity index (χ1n) is 12.7. The molecule has 6 heteroatoms. The van der Waals surface area contributed by atoms with Crippen LogP contribution in [0.25, 0.3) is 10.9 Å². The van der Waals surface area contributed by atoms with Gasteiger partial charge in [-0.25, -0.2) is 4.98 Å². The molecule has 0 spiro atoms. The van der Waals surface area contributed by atoms with Crippen molar-refractivity contribution in [2.45, 2.75) is 65.5 Å². The third kappa shape index (κ3) is 4.08. The van der Waals surface area contributed by atoms with Crippen LogP contribution in [0.4, 0.5) is 5.82 Å². The average Bonchev–Trinajstić information content (AvgIpc) is 3.66. The van der Waals surface area contributed by atoms with Gasteiger partial charge < -0.3 is 14.4 Å². The van der Waals surface area contributed by atoms with Crippen molar-refractivity contribution in [2.24, 2.45) is 5.92 Å². The van der Waals surface area contributed by atoms with Crippen LogP contribution in [-0.2, 0) is 19.5 Å². The van der Waals surface area contributed by atoms with Crippen molar-refractivity contribution in [1.29, 1.82) is 0 Å². The molecule has 34 heavy (non-hydrogen) atoms. The summed E-state index contributed by atoms with van der Waals surface area (Å²) in [5.74, 6) is 1.88. The van der Waals surface area contributed by atoms with E-state index in [9.17, 15) is 4.79 Å². The number of likely N-dealkylation sites (tertiary alicyclic amines) is 1. The largest absolute Gasteiger partial charge is 0.350 e. The number of fused-ring (bicyclic) bond motifs is 2. The van der Waals surface area contributed by atoms with Crippen molar-refractivity contribution < 1.29 is 4.79 Å². The number of hydrogen-bond acceptors (Lipinski definition) is 3. The van der Waals surface area contributed by atoms with Gasteiger partial charge in [-0.15, -0.1) is 12.4 Å². The second kappa shape index (κ2) is 9.26. The Bertz CT molecular complexity index is 1220. The van der Waals surface area contributed by atoms with E-state index in [0.717, 1.165) is 63.7 Å². The van der Waals surface area contributed by atoms with E-state index in [0.29, 0.717) is 5.69 Å². The lowest BCUT2D eigenvalue weighted by Gasteiger charge is -2.31. The van der Waals surface area contributed by atoms with Gasteiger partial charge >= 0.3 is 0 Å². The summed E-state index contributed by atoms with van der Waals surface area (Å²) in [6.07, 6.45) is 7.08. The van der Waals surface area contributed by atoms with Crippen molar-refractivity contribution in [3.63, 3.8) is 0 Å². The van der Waals surface area contributed by atoms with Gasteiger partial charge in [-0.1, -0.05) is 24.3 Å². The molecule has 1 aliphatic carbocycles. The number of rotatable bonds is 4. The average molecular weight is 479 g/mol. The smallest absolute Gasteiger partial charge is 0.272 e. The normalized spacial score (nSPS) is 18.1. The van der Waals surface area contributed by atoms with E-state index >= 15 is 0 Å². The molecule has 6 rings (SSSR count). The predicted octanol–water partition coefficient (Wildman–Crippen LogP) is 5.67. The number of piperidine rings is 1. The van der Waals surface area contributed by atoms with Gasteiger partial charge in [0.05, 0.1) is 5.52 Å². The molecule has 3 aliphatic rings. The van der Waals surface area contributed by atoms with Crippen molar-refractivity contribution >= 4 is 35.0 Å². The van der Waals surface area contributed by atoms with E-state index in [1.165, 1.54) is 52.5 Å². The van der Waals surface area contributed by atoms with Crippen molar-refractivity contribution in [2.75, 3.05) is 24.5 Å². The van der Waals surface area contributed by atoms with Crippen LogP contribution in [0.3, 0.4) is 0 Å². The summed E-state index contributed by atoms with van der Waals surface area (Å²) in [5, 5.41) is 1.21. The van der Waals surface area contributed by atoms with Gasteiger partial charge in [-0.3, -0.25) is 4.79 Å². The Kier molecular flexibility index (Phi) is 6.32. The second-order valence-electron chi connectivity index (χ2n) is 10.3. The van der Waals surface area contributed by atoms with Gasteiger partial charge in [-0.2, -0.15) is 0 Å². The van der Waals surface area contributed by atoms with E-state index in [4.69, 9.17) is 4.98 Å². The zero-order valence-electron chi connectivity index (χ0n) is 20.3. The fourth-order valence-electron chi connectivity index (χ4n) is 5.69. The molecule has 0 atom stereocenters. The molecule has 1 amide bonds. The fraction of sp³-hybridized carbons (Fsp3) is 0.500. The Labute approximate surface area is 208 Å². The minimum Gasteiger partial charge on any atom is -0.350 e. The Morgan fingerprint density at radius 2 is 1.76 bits per heavy atom. The van der Waals surface area contributed by atoms with Crippen molar-refractivity contribution in [3.8, 4) is 0 Å². The summed E-state index contributed by atoms with van der Waals surface area (Å²) in [7, 11) is 0. The Hall–Kier alpha value is -2.53. The van der Waals surface area contributed by atoms with E-state index in [1.807, 2.05) is 4.90 Å². The Morgan fingerprint density at radius 1 is 1.03 bits per heavy atom. The van der Waals surface area contributed by atoms with E-state index in [1.54, 1.807) is 0 Å². The highest BCUT2D eigenvalue weighted by Gasteiger charge is 2.29. The number of aryl methyl sites for hydroxylation is 1. The third-order valence-corrected chi connectivity index (χ3v) is 8.03. The first-order chi connectivity index (χ1) is 16.1. The van der Waals surface area contributed by atoms with Gasteiger partial charge in [0.25, 0.3) is 5.91 Å². The number of anilines is 1. The number of hydrogen-bond donors (Lipinski definition) is 0. The minimum absolute atomic E-state index is 0. The van der Waals surface area contributed by atoms with E-state index in [-0.39, 0.29) is 18.3 Å². The maximum absolute atomic E-state index is 13.5. The number of pyridine rings is 1. The number of carbonyl (C=O) groups is 1. The Balaban J connectivity index is 0.00000241. The minimum atomic E-state index is 0. The highest BCUT2D eigenvalue weighted by molar-refractivity contribution is 6.01. The predicted molar refractivity (Wildman–Crippen MR) is 140 cm³/mol. The molecule has 0 N–H and O–H groups in total. The van der Waals surface area contributed by atoms with Crippen LogP contribution in [0.1, 0.15) is 65.0 Å². The van der Waals surface area contributed by atoms with E-state index < -0.39 is 0 Å². The maximum Gasteiger partial charge on any atom is 0.272 e. The molecule has 0 radical (unpaired) electrons. The molecule has 1 aromatic carbocycles. The molecule has 4 heterocycles. The number of nitrogens with zero attached hydrogens (tertiary/aromatic N) is 4. The van der Waals surface area contributed by atoms with Crippen LogP contribution < -0.4 is 4.90 Å². The van der Waals surface area contributed by atoms with Crippen molar-refractivity contribution in [3.05, 3.63) is 58.4 Å². The summed E-state index contributed by atoms with van der Waals surface area (Å²) < 4.78 is 2.50. The van der Waals surface area contributed by atoms with Crippen LogP contribution in [-0.4, -0.2) is 40.0 Å². The summed E-state index contributed by atoms with van der Waals surface area (Å²) in [6, 6.07) is 10.8. The molecule has 1 saturated heterocycles. The van der Waals surface area contributed by atoms with Gasteiger partial charge in [-0.05, 0) is 81.0 Å². The van der Waals surface area contributed by atoms with Crippen molar-refractivity contribution in [1.82, 2.24) is 14.5 Å². The third-order valence-electron chi connectivity index (χ3n) is 8.03. The quantitative estimate of drug-likeness (QED) is 0.484. The molecule has 1 saturated carbocycles. The molecule has 2 aromatic heterocycles.